The molecule has 0 radical (unpaired) electrons. The summed E-state index contributed by atoms with van der Waals surface area (Å²) in [6.07, 6.45) is 2.83. The summed E-state index contributed by atoms with van der Waals surface area (Å²) in [7, 11) is 0. The summed E-state index contributed by atoms with van der Waals surface area (Å²) >= 11 is 6.16. The highest BCUT2D eigenvalue weighted by atomic mass is 35.5. The normalized spacial score (nSPS) is 10.8. The fourth-order valence-electron chi connectivity index (χ4n) is 2.48. The number of fused-ring (bicyclic) bond motifs is 1. The molecule has 0 spiro atoms. The predicted molar refractivity (Wildman–Crippen MR) is 90.1 cm³/mol. The lowest BCUT2D eigenvalue weighted by atomic mass is 10.1. The highest BCUT2D eigenvalue weighted by molar-refractivity contribution is 6.32. The summed E-state index contributed by atoms with van der Waals surface area (Å²) in [5, 5.41) is 5.38. The molecule has 1 aromatic heterocycles. The predicted octanol–water partition coefficient (Wildman–Crippen LogP) is 4.85. The molecule has 0 aliphatic rings. The maximum Gasteiger partial charge on any atom is 0.0766 e. The van der Waals surface area contributed by atoms with Crippen LogP contribution in [0.1, 0.15) is 11.1 Å². The van der Waals surface area contributed by atoms with Crippen molar-refractivity contribution < 1.29 is 0 Å². The van der Waals surface area contributed by atoms with E-state index in [1.54, 1.807) is 0 Å². The first kappa shape index (κ1) is 13.9. The Hall–Kier alpha value is -2.06. The van der Waals surface area contributed by atoms with Gasteiger partial charge in [0.15, 0.2) is 0 Å². The van der Waals surface area contributed by atoms with E-state index in [1.807, 2.05) is 37.4 Å². The fraction of sp³-hybridized carbons (Fsp3) is 0.167. The van der Waals surface area contributed by atoms with E-state index >= 15 is 0 Å². The van der Waals surface area contributed by atoms with Crippen molar-refractivity contribution in [3.63, 3.8) is 0 Å². The summed E-state index contributed by atoms with van der Waals surface area (Å²) in [4.78, 5) is 4.44. The second-order valence-electron chi connectivity index (χ2n) is 5.09. The van der Waals surface area contributed by atoms with E-state index in [4.69, 9.17) is 11.6 Å². The summed E-state index contributed by atoms with van der Waals surface area (Å²) < 4.78 is 0. The van der Waals surface area contributed by atoms with Crippen LogP contribution in [0.2, 0.25) is 5.02 Å². The number of pyridine rings is 1. The minimum atomic E-state index is 0.761. The molecule has 0 saturated carbocycles. The van der Waals surface area contributed by atoms with Crippen LogP contribution in [0.25, 0.3) is 10.9 Å². The quantitative estimate of drug-likeness (QED) is 0.744. The molecule has 2 nitrogen and oxygen atoms in total. The molecule has 0 fully saturated rings. The number of halogens is 1. The summed E-state index contributed by atoms with van der Waals surface area (Å²) in [5.41, 5.74) is 4.44. The van der Waals surface area contributed by atoms with E-state index < -0.39 is 0 Å². The second-order valence-corrected chi connectivity index (χ2v) is 5.50. The molecule has 3 rings (SSSR count). The molecule has 0 saturated heterocycles. The average Bonchev–Trinajstić information content (AvgIpc) is 2.52. The van der Waals surface area contributed by atoms with Gasteiger partial charge in [0.25, 0.3) is 0 Å². The monoisotopic (exact) mass is 296 g/mol. The van der Waals surface area contributed by atoms with Crippen LogP contribution in [0.4, 0.5) is 5.69 Å². The number of hydrogen-bond acceptors (Lipinski definition) is 2. The Kier molecular flexibility index (Phi) is 4.07. The molecular formula is C18H17ClN2. The highest BCUT2D eigenvalue weighted by Gasteiger charge is 2.06. The third-order valence-electron chi connectivity index (χ3n) is 3.67. The zero-order valence-corrected chi connectivity index (χ0v) is 12.7. The molecule has 3 aromatic rings. The molecule has 106 valence electrons. The number of nitrogens with zero attached hydrogens (tertiary/aromatic N) is 1. The Labute approximate surface area is 129 Å². The lowest BCUT2D eigenvalue weighted by molar-refractivity contribution is 1.02. The SMILES string of the molecule is Cc1c(Cl)ccc2c(NCCc3ccccc3)ccnc12. The molecular weight excluding hydrogens is 280 g/mol. The summed E-state index contributed by atoms with van der Waals surface area (Å²) in [6, 6.07) is 16.5. The first-order valence-corrected chi connectivity index (χ1v) is 7.45. The topological polar surface area (TPSA) is 24.9 Å². The van der Waals surface area contributed by atoms with Crippen LogP contribution < -0.4 is 5.32 Å². The molecule has 1 N–H and O–H groups in total. The Morgan fingerprint density at radius 1 is 1.05 bits per heavy atom. The number of rotatable bonds is 4. The van der Waals surface area contributed by atoms with Crippen LogP contribution in [-0.4, -0.2) is 11.5 Å². The van der Waals surface area contributed by atoms with Crippen LogP contribution in [0, 0.1) is 6.92 Å². The standard InChI is InChI=1S/C18H17ClN2/c1-13-16(19)8-7-15-17(10-12-21-18(13)15)20-11-9-14-5-3-2-4-6-14/h2-8,10,12H,9,11H2,1H3,(H,20,21). The lowest BCUT2D eigenvalue weighted by Crippen LogP contribution is -2.05. The van der Waals surface area contributed by atoms with E-state index in [0.29, 0.717) is 0 Å². The van der Waals surface area contributed by atoms with Crippen molar-refractivity contribution in [3.8, 4) is 0 Å². The van der Waals surface area contributed by atoms with Crippen LogP contribution in [-0.2, 0) is 6.42 Å². The Bertz CT molecular complexity index is 754. The third-order valence-corrected chi connectivity index (χ3v) is 4.08. The minimum Gasteiger partial charge on any atom is -0.384 e. The summed E-state index contributed by atoms with van der Waals surface area (Å²) in [5.74, 6) is 0. The summed E-state index contributed by atoms with van der Waals surface area (Å²) in [6.45, 7) is 2.90. The van der Waals surface area contributed by atoms with E-state index in [1.165, 1.54) is 5.56 Å². The first-order chi connectivity index (χ1) is 10.3. The molecule has 3 heteroatoms. The molecule has 1 heterocycles. The fourth-order valence-corrected chi connectivity index (χ4v) is 2.63. The van der Waals surface area contributed by atoms with Crippen molar-refractivity contribution >= 4 is 28.2 Å². The van der Waals surface area contributed by atoms with Gasteiger partial charge in [-0.2, -0.15) is 0 Å². The average molecular weight is 297 g/mol. The largest absolute Gasteiger partial charge is 0.384 e. The molecule has 0 aliphatic carbocycles. The van der Waals surface area contributed by atoms with Gasteiger partial charge < -0.3 is 5.32 Å². The number of hydrogen-bond donors (Lipinski definition) is 1. The van der Waals surface area contributed by atoms with Crippen molar-refractivity contribution in [1.82, 2.24) is 4.98 Å². The van der Waals surface area contributed by atoms with Crippen molar-refractivity contribution in [1.29, 1.82) is 0 Å². The van der Waals surface area contributed by atoms with Crippen LogP contribution in [0.15, 0.2) is 54.7 Å². The lowest BCUT2D eigenvalue weighted by Gasteiger charge is -2.11. The van der Waals surface area contributed by atoms with Gasteiger partial charge in [-0.05, 0) is 42.7 Å². The number of aryl methyl sites for hydroxylation is 1. The van der Waals surface area contributed by atoms with Crippen molar-refractivity contribution in [2.45, 2.75) is 13.3 Å². The van der Waals surface area contributed by atoms with E-state index in [0.717, 1.165) is 40.1 Å². The number of anilines is 1. The van der Waals surface area contributed by atoms with Gasteiger partial charge in [-0.15, -0.1) is 0 Å². The second kappa shape index (κ2) is 6.15. The molecule has 2 aromatic carbocycles. The van der Waals surface area contributed by atoms with Gasteiger partial charge in [0.1, 0.15) is 0 Å². The minimum absolute atomic E-state index is 0.761. The maximum absolute atomic E-state index is 6.16. The number of benzene rings is 2. The zero-order valence-electron chi connectivity index (χ0n) is 11.9. The van der Waals surface area contributed by atoms with Crippen LogP contribution in [0.3, 0.4) is 0 Å². The Morgan fingerprint density at radius 3 is 2.67 bits per heavy atom. The van der Waals surface area contributed by atoms with Crippen molar-refractivity contribution in [2.75, 3.05) is 11.9 Å². The third kappa shape index (κ3) is 3.01. The molecule has 21 heavy (non-hydrogen) atoms. The number of nitrogens with one attached hydrogen (secondary N) is 1. The van der Waals surface area contributed by atoms with Crippen molar-refractivity contribution in [2.24, 2.45) is 0 Å². The van der Waals surface area contributed by atoms with Crippen LogP contribution in [0.5, 0.6) is 0 Å². The maximum atomic E-state index is 6.16. The van der Waals surface area contributed by atoms with Gasteiger partial charge in [-0.1, -0.05) is 41.9 Å². The van der Waals surface area contributed by atoms with Gasteiger partial charge in [0.05, 0.1) is 5.52 Å². The van der Waals surface area contributed by atoms with Gasteiger partial charge >= 0.3 is 0 Å². The van der Waals surface area contributed by atoms with E-state index in [2.05, 4.69) is 34.6 Å². The number of aromatic nitrogens is 1. The Balaban J connectivity index is 1.80. The smallest absolute Gasteiger partial charge is 0.0766 e. The van der Waals surface area contributed by atoms with Crippen molar-refractivity contribution in [3.05, 3.63) is 70.9 Å². The Morgan fingerprint density at radius 2 is 1.86 bits per heavy atom. The van der Waals surface area contributed by atoms with Gasteiger partial charge in [-0.25, -0.2) is 0 Å². The zero-order chi connectivity index (χ0) is 14.7. The van der Waals surface area contributed by atoms with E-state index in [-0.39, 0.29) is 0 Å². The molecule has 0 amide bonds. The molecule has 0 aliphatic heterocycles. The highest BCUT2D eigenvalue weighted by Crippen LogP contribution is 2.28. The molecule has 0 atom stereocenters. The van der Waals surface area contributed by atoms with Gasteiger partial charge in [0, 0.05) is 28.8 Å². The molecule has 0 unspecified atom stereocenters. The molecule has 0 bridgehead atoms. The van der Waals surface area contributed by atoms with E-state index in [9.17, 15) is 0 Å². The first-order valence-electron chi connectivity index (χ1n) is 7.07. The van der Waals surface area contributed by atoms with Gasteiger partial charge in [-0.3, -0.25) is 4.98 Å². The van der Waals surface area contributed by atoms with Gasteiger partial charge in [0.2, 0.25) is 0 Å². The van der Waals surface area contributed by atoms with Crippen LogP contribution >= 0.6 is 11.6 Å².